The molecule has 0 saturated heterocycles. The minimum absolute atomic E-state index is 0.0321. The molecule has 10 heteroatoms. The lowest BCUT2D eigenvalue weighted by Gasteiger charge is -2.03. The highest BCUT2D eigenvalue weighted by Gasteiger charge is 2.28. The Morgan fingerprint density at radius 3 is 2.70 bits per heavy atom. The van der Waals surface area contributed by atoms with Crippen LogP contribution in [0.5, 0.6) is 0 Å². The Balaban J connectivity index is 2.05. The Morgan fingerprint density at radius 1 is 1.26 bits per heavy atom. The third-order valence-corrected chi connectivity index (χ3v) is 5.53. The number of hydrogen-bond donors (Lipinski definition) is 2. The first kappa shape index (κ1) is 15.2. The SMILES string of the molecule is O=C(O)c1c(-c2ccccn2)noc1NS(=O)(=O)c1cccs1. The number of carbonyl (C=O) groups is 1. The topological polar surface area (TPSA) is 122 Å². The van der Waals surface area contributed by atoms with E-state index >= 15 is 0 Å². The zero-order chi connectivity index (χ0) is 16.4. The Bertz CT molecular complexity index is 933. The molecule has 3 aromatic heterocycles. The second-order valence-electron chi connectivity index (χ2n) is 4.29. The van der Waals surface area contributed by atoms with Crippen LogP contribution in [0.15, 0.2) is 50.6 Å². The highest BCUT2D eigenvalue weighted by molar-refractivity contribution is 7.94. The molecule has 0 bridgehead atoms. The van der Waals surface area contributed by atoms with Gasteiger partial charge in [0.15, 0.2) is 5.56 Å². The zero-order valence-corrected chi connectivity index (χ0v) is 13.0. The van der Waals surface area contributed by atoms with E-state index in [9.17, 15) is 18.3 Å². The fraction of sp³-hybridized carbons (Fsp3) is 0. The zero-order valence-electron chi connectivity index (χ0n) is 11.3. The van der Waals surface area contributed by atoms with Crippen LogP contribution in [0, 0.1) is 0 Å². The standard InChI is InChI=1S/C13H9N3O5S2/c17-13(18)10-11(8-4-1-2-6-14-8)15-21-12(10)16-23(19,20)9-5-3-7-22-9/h1-7,16H,(H,17,18). The van der Waals surface area contributed by atoms with E-state index in [1.807, 2.05) is 0 Å². The van der Waals surface area contributed by atoms with Gasteiger partial charge in [-0.05, 0) is 23.6 Å². The second kappa shape index (κ2) is 5.82. The van der Waals surface area contributed by atoms with Crippen molar-refractivity contribution >= 4 is 33.2 Å². The lowest BCUT2D eigenvalue weighted by atomic mass is 10.2. The molecule has 0 aliphatic carbocycles. The van der Waals surface area contributed by atoms with Gasteiger partial charge in [-0.2, -0.15) is 0 Å². The van der Waals surface area contributed by atoms with E-state index in [2.05, 4.69) is 14.9 Å². The molecule has 118 valence electrons. The first-order chi connectivity index (χ1) is 11.0. The fourth-order valence-corrected chi connectivity index (χ4v) is 3.81. The molecule has 0 unspecified atom stereocenters. The van der Waals surface area contributed by atoms with Crippen molar-refractivity contribution in [2.24, 2.45) is 0 Å². The molecule has 0 aromatic carbocycles. The van der Waals surface area contributed by atoms with Crippen molar-refractivity contribution in [1.82, 2.24) is 10.1 Å². The highest BCUT2D eigenvalue weighted by atomic mass is 32.2. The number of aromatic nitrogens is 2. The van der Waals surface area contributed by atoms with Gasteiger partial charge < -0.3 is 9.63 Å². The fourth-order valence-electron chi connectivity index (χ4n) is 1.82. The predicted molar refractivity (Wildman–Crippen MR) is 81.8 cm³/mol. The van der Waals surface area contributed by atoms with Crippen LogP contribution >= 0.6 is 11.3 Å². The van der Waals surface area contributed by atoms with Gasteiger partial charge in [-0.15, -0.1) is 11.3 Å². The molecule has 3 aromatic rings. The number of hydrogen-bond acceptors (Lipinski definition) is 7. The first-order valence-electron chi connectivity index (χ1n) is 6.20. The molecule has 0 radical (unpaired) electrons. The Morgan fingerprint density at radius 2 is 2.09 bits per heavy atom. The van der Waals surface area contributed by atoms with Gasteiger partial charge in [0.1, 0.15) is 9.90 Å². The van der Waals surface area contributed by atoms with Crippen molar-refractivity contribution in [3.8, 4) is 11.4 Å². The number of nitrogens with zero attached hydrogens (tertiary/aromatic N) is 2. The van der Waals surface area contributed by atoms with Crippen molar-refractivity contribution in [2.75, 3.05) is 4.72 Å². The quantitative estimate of drug-likeness (QED) is 0.723. The Kier molecular flexibility index (Phi) is 3.84. The number of anilines is 1. The molecule has 0 spiro atoms. The van der Waals surface area contributed by atoms with E-state index in [1.54, 1.807) is 29.6 Å². The second-order valence-corrected chi connectivity index (χ2v) is 7.15. The maximum Gasteiger partial charge on any atom is 0.343 e. The molecule has 0 atom stereocenters. The van der Waals surface area contributed by atoms with Crippen LogP contribution in [-0.4, -0.2) is 29.6 Å². The number of sulfonamides is 1. The van der Waals surface area contributed by atoms with Gasteiger partial charge >= 0.3 is 5.97 Å². The molecule has 0 amide bonds. The van der Waals surface area contributed by atoms with Crippen molar-refractivity contribution in [1.29, 1.82) is 0 Å². The first-order valence-corrected chi connectivity index (χ1v) is 8.56. The summed E-state index contributed by atoms with van der Waals surface area (Å²) >= 11 is 0.994. The van der Waals surface area contributed by atoms with E-state index in [0.29, 0.717) is 0 Å². The number of aromatic carboxylic acids is 1. The van der Waals surface area contributed by atoms with Gasteiger partial charge in [0, 0.05) is 6.20 Å². The van der Waals surface area contributed by atoms with Crippen LogP contribution < -0.4 is 4.72 Å². The summed E-state index contributed by atoms with van der Waals surface area (Å²) in [5.74, 6) is -1.85. The van der Waals surface area contributed by atoms with E-state index in [0.717, 1.165) is 11.3 Å². The van der Waals surface area contributed by atoms with Gasteiger partial charge in [-0.3, -0.25) is 4.98 Å². The van der Waals surface area contributed by atoms with Crippen LogP contribution in [-0.2, 0) is 10.0 Å². The maximum atomic E-state index is 12.2. The molecular formula is C13H9N3O5S2. The Hall–Kier alpha value is -2.72. The predicted octanol–water partition coefficient (Wildman–Crippen LogP) is 2.30. The smallest absolute Gasteiger partial charge is 0.343 e. The monoisotopic (exact) mass is 351 g/mol. The number of nitrogens with one attached hydrogen (secondary N) is 1. The average Bonchev–Trinajstić information content (AvgIpc) is 3.17. The molecular weight excluding hydrogens is 342 g/mol. The van der Waals surface area contributed by atoms with Gasteiger partial charge in [0.2, 0.25) is 0 Å². The molecule has 0 aliphatic heterocycles. The Labute approximate surface area is 134 Å². The number of carboxylic acid groups (broad SMARTS) is 1. The molecule has 3 heterocycles. The van der Waals surface area contributed by atoms with Crippen molar-refractivity contribution in [2.45, 2.75) is 4.21 Å². The van der Waals surface area contributed by atoms with Crippen LogP contribution in [0.25, 0.3) is 11.4 Å². The summed E-state index contributed by atoms with van der Waals surface area (Å²) in [5.41, 5.74) is -0.193. The molecule has 23 heavy (non-hydrogen) atoms. The van der Waals surface area contributed by atoms with Gasteiger partial charge in [0.25, 0.3) is 15.9 Å². The minimum Gasteiger partial charge on any atom is -0.477 e. The normalized spacial score (nSPS) is 11.3. The van der Waals surface area contributed by atoms with Crippen LogP contribution in [0.1, 0.15) is 10.4 Å². The van der Waals surface area contributed by atoms with E-state index < -0.39 is 27.4 Å². The number of rotatable bonds is 5. The van der Waals surface area contributed by atoms with E-state index in [1.165, 1.54) is 12.3 Å². The average molecular weight is 351 g/mol. The molecule has 8 nitrogen and oxygen atoms in total. The summed E-state index contributed by atoms with van der Waals surface area (Å²) in [4.78, 5) is 15.5. The van der Waals surface area contributed by atoms with Crippen LogP contribution in [0.3, 0.4) is 0 Å². The summed E-state index contributed by atoms with van der Waals surface area (Å²) in [5, 5.41) is 14.6. The lowest BCUT2D eigenvalue weighted by molar-refractivity contribution is 0.0698. The van der Waals surface area contributed by atoms with Crippen LogP contribution in [0.2, 0.25) is 0 Å². The highest BCUT2D eigenvalue weighted by Crippen LogP contribution is 2.29. The molecule has 0 fully saturated rings. The number of carboxylic acids is 1. The van der Waals surface area contributed by atoms with Crippen molar-refractivity contribution < 1.29 is 22.8 Å². The summed E-state index contributed by atoms with van der Waals surface area (Å²) in [6.45, 7) is 0. The van der Waals surface area contributed by atoms with Gasteiger partial charge in [-0.1, -0.05) is 17.3 Å². The molecule has 2 N–H and O–H groups in total. The number of pyridine rings is 1. The van der Waals surface area contributed by atoms with E-state index in [-0.39, 0.29) is 15.6 Å². The van der Waals surface area contributed by atoms with E-state index in [4.69, 9.17) is 4.52 Å². The third kappa shape index (κ3) is 2.94. The molecule has 0 saturated carbocycles. The summed E-state index contributed by atoms with van der Waals surface area (Å²) in [6.07, 6.45) is 1.46. The van der Waals surface area contributed by atoms with Crippen LogP contribution in [0.4, 0.5) is 5.88 Å². The molecule has 0 aliphatic rings. The van der Waals surface area contributed by atoms with Crippen molar-refractivity contribution in [3.63, 3.8) is 0 Å². The minimum atomic E-state index is -3.94. The maximum absolute atomic E-state index is 12.2. The van der Waals surface area contributed by atoms with Crippen molar-refractivity contribution in [3.05, 3.63) is 47.5 Å². The van der Waals surface area contributed by atoms with Gasteiger partial charge in [0.05, 0.1) is 5.69 Å². The van der Waals surface area contributed by atoms with Gasteiger partial charge in [-0.25, -0.2) is 17.9 Å². The third-order valence-electron chi connectivity index (χ3n) is 2.80. The summed E-state index contributed by atoms with van der Waals surface area (Å²) in [6, 6.07) is 7.81. The molecule has 3 rings (SSSR count). The number of thiophene rings is 1. The summed E-state index contributed by atoms with van der Waals surface area (Å²) < 4.78 is 31.4. The summed E-state index contributed by atoms with van der Waals surface area (Å²) in [7, 11) is -3.94. The largest absolute Gasteiger partial charge is 0.477 e. The lowest BCUT2D eigenvalue weighted by Crippen LogP contribution is -2.13.